The lowest BCUT2D eigenvalue weighted by molar-refractivity contribution is -0.138. The van der Waals surface area contributed by atoms with Gasteiger partial charge in [0.05, 0.1) is 12.2 Å². The molecule has 0 fully saturated rings. The molecule has 0 aliphatic carbocycles. The van der Waals surface area contributed by atoms with Crippen LogP contribution in [-0.2, 0) is 17.5 Å². The monoisotopic (exact) mass is 373 g/mol. The van der Waals surface area contributed by atoms with Crippen molar-refractivity contribution in [3.8, 4) is 5.75 Å². The lowest BCUT2D eigenvalue weighted by Crippen LogP contribution is -2.24. The molecule has 0 saturated carbocycles. The van der Waals surface area contributed by atoms with E-state index < -0.39 is 29.3 Å². The minimum Gasteiger partial charge on any atom is -0.491 e. The Bertz CT molecular complexity index is 761. The summed E-state index contributed by atoms with van der Waals surface area (Å²) in [5.41, 5.74) is -1.35. The van der Waals surface area contributed by atoms with Gasteiger partial charge in [0.15, 0.2) is 11.6 Å². The van der Waals surface area contributed by atoms with Gasteiger partial charge in [0.1, 0.15) is 5.82 Å². The maximum atomic E-state index is 13.3. The SMILES string of the molecule is O=C(CCCOc1ccccc1F)NCc1ccc(F)cc1C(F)(F)F. The summed E-state index contributed by atoms with van der Waals surface area (Å²) in [7, 11) is 0. The van der Waals surface area contributed by atoms with Crippen LogP contribution in [0.25, 0.3) is 0 Å². The molecule has 140 valence electrons. The molecule has 0 aliphatic heterocycles. The third-order valence-electron chi connectivity index (χ3n) is 3.50. The summed E-state index contributed by atoms with van der Waals surface area (Å²) in [4.78, 5) is 11.7. The van der Waals surface area contributed by atoms with E-state index in [-0.39, 0.29) is 37.3 Å². The fourth-order valence-corrected chi connectivity index (χ4v) is 2.23. The number of carbonyl (C=O) groups is 1. The van der Waals surface area contributed by atoms with Crippen LogP contribution in [0.4, 0.5) is 22.0 Å². The lowest BCUT2D eigenvalue weighted by atomic mass is 10.1. The van der Waals surface area contributed by atoms with Crippen LogP contribution >= 0.6 is 0 Å². The van der Waals surface area contributed by atoms with E-state index in [1.54, 1.807) is 6.07 Å². The minimum absolute atomic E-state index is 0.00298. The normalized spacial score (nSPS) is 11.3. The Labute approximate surface area is 146 Å². The highest BCUT2D eigenvalue weighted by Gasteiger charge is 2.33. The first kappa shape index (κ1) is 19.7. The van der Waals surface area contributed by atoms with E-state index in [9.17, 15) is 26.7 Å². The highest BCUT2D eigenvalue weighted by atomic mass is 19.4. The van der Waals surface area contributed by atoms with Crippen LogP contribution in [0.2, 0.25) is 0 Å². The fraction of sp³-hybridized carbons (Fsp3) is 0.278. The first-order chi connectivity index (χ1) is 12.3. The molecule has 2 rings (SSSR count). The van der Waals surface area contributed by atoms with Gasteiger partial charge >= 0.3 is 6.18 Å². The Morgan fingerprint density at radius 1 is 1.08 bits per heavy atom. The van der Waals surface area contributed by atoms with Crippen molar-refractivity contribution in [3.63, 3.8) is 0 Å². The van der Waals surface area contributed by atoms with Gasteiger partial charge in [-0.15, -0.1) is 0 Å². The number of halogens is 5. The third kappa shape index (κ3) is 5.72. The molecule has 1 amide bonds. The molecule has 8 heteroatoms. The van der Waals surface area contributed by atoms with Gasteiger partial charge in [0.2, 0.25) is 5.91 Å². The van der Waals surface area contributed by atoms with Crippen molar-refractivity contribution in [2.45, 2.75) is 25.6 Å². The second-order valence-electron chi connectivity index (χ2n) is 5.46. The number of rotatable bonds is 7. The van der Waals surface area contributed by atoms with Gasteiger partial charge in [-0.05, 0) is 36.2 Å². The highest BCUT2D eigenvalue weighted by molar-refractivity contribution is 5.75. The quantitative estimate of drug-likeness (QED) is 0.575. The molecular weight excluding hydrogens is 357 g/mol. The maximum Gasteiger partial charge on any atom is 0.416 e. The number of benzene rings is 2. The first-order valence-corrected chi connectivity index (χ1v) is 7.77. The van der Waals surface area contributed by atoms with Crippen molar-refractivity contribution in [2.75, 3.05) is 6.61 Å². The van der Waals surface area contributed by atoms with Gasteiger partial charge in [0.25, 0.3) is 0 Å². The molecule has 0 aromatic heterocycles. The molecule has 0 spiro atoms. The molecule has 3 nitrogen and oxygen atoms in total. The van der Waals surface area contributed by atoms with Crippen molar-refractivity contribution in [3.05, 3.63) is 65.2 Å². The van der Waals surface area contributed by atoms with E-state index >= 15 is 0 Å². The first-order valence-electron chi connectivity index (χ1n) is 7.77. The second kappa shape index (κ2) is 8.64. The lowest BCUT2D eigenvalue weighted by Gasteiger charge is -2.13. The van der Waals surface area contributed by atoms with Crippen LogP contribution < -0.4 is 10.1 Å². The van der Waals surface area contributed by atoms with Crippen LogP contribution in [0.3, 0.4) is 0 Å². The summed E-state index contributed by atoms with van der Waals surface area (Å²) < 4.78 is 70.1. The Balaban J connectivity index is 1.80. The molecule has 2 aromatic rings. The summed E-state index contributed by atoms with van der Waals surface area (Å²) in [6, 6.07) is 8.08. The fourth-order valence-electron chi connectivity index (χ4n) is 2.23. The Morgan fingerprint density at radius 2 is 1.81 bits per heavy atom. The standard InChI is InChI=1S/C18H16F5NO2/c19-13-8-7-12(14(10-13)18(21,22)23)11-24-17(25)6-3-9-26-16-5-2-1-4-15(16)20/h1-2,4-5,7-8,10H,3,6,9,11H2,(H,24,25). The molecule has 0 bridgehead atoms. The van der Waals surface area contributed by atoms with E-state index in [4.69, 9.17) is 4.74 Å². The van der Waals surface area contributed by atoms with Crippen LogP contribution in [0.1, 0.15) is 24.0 Å². The zero-order chi connectivity index (χ0) is 19.2. The summed E-state index contributed by atoms with van der Waals surface area (Å²) in [5.74, 6) is -1.95. The van der Waals surface area contributed by atoms with Crippen molar-refractivity contribution >= 4 is 5.91 Å². The zero-order valence-corrected chi connectivity index (χ0v) is 13.6. The summed E-state index contributed by atoms with van der Waals surface area (Å²) in [6.45, 7) is -0.291. The Kier molecular flexibility index (Phi) is 6.54. The molecule has 0 aliphatic rings. The predicted octanol–water partition coefficient (Wildman–Crippen LogP) is 4.46. The van der Waals surface area contributed by atoms with Gasteiger partial charge in [-0.25, -0.2) is 8.78 Å². The van der Waals surface area contributed by atoms with Crippen LogP contribution in [-0.4, -0.2) is 12.5 Å². The number of alkyl halides is 3. The molecule has 26 heavy (non-hydrogen) atoms. The van der Waals surface area contributed by atoms with Crippen molar-refractivity contribution in [1.82, 2.24) is 5.32 Å². The summed E-state index contributed by atoms with van der Waals surface area (Å²) >= 11 is 0. The van der Waals surface area contributed by atoms with Crippen molar-refractivity contribution < 1.29 is 31.5 Å². The highest BCUT2D eigenvalue weighted by Crippen LogP contribution is 2.32. The minimum atomic E-state index is -4.71. The molecular formula is C18H16F5NO2. The summed E-state index contributed by atoms with van der Waals surface area (Å²) in [5, 5.41) is 2.35. The van der Waals surface area contributed by atoms with E-state index in [2.05, 4.69) is 5.32 Å². The number of nitrogens with one attached hydrogen (secondary N) is 1. The number of para-hydroxylation sites is 1. The predicted molar refractivity (Wildman–Crippen MR) is 84.4 cm³/mol. The van der Waals surface area contributed by atoms with Crippen LogP contribution in [0.15, 0.2) is 42.5 Å². The smallest absolute Gasteiger partial charge is 0.416 e. The molecule has 0 unspecified atom stereocenters. The number of carbonyl (C=O) groups excluding carboxylic acids is 1. The van der Waals surface area contributed by atoms with Crippen molar-refractivity contribution in [2.24, 2.45) is 0 Å². The van der Waals surface area contributed by atoms with Crippen LogP contribution in [0, 0.1) is 11.6 Å². The third-order valence-corrected chi connectivity index (χ3v) is 3.50. The van der Waals surface area contributed by atoms with Crippen molar-refractivity contribution in [1.29, 1.82) is 0 Å². The van der Waals surface area contributed by atoms with E-state index in [1.807, 2.05) is 0 Å². The van der Waals surface area contributed by atoms with Gasteiger partial charge in [-0.1, -0.05) is 18.2 Å². The number of amides is 1. The topological polar surface area (TPSA) is 38.3 Å². The largest absolute Gasteiger partial charge is 0.491 e. The molecule has 2 aromatic carbocycles. The van der Waals surface area contributed by atoms with E-state index in [0.29, 0.717) is 6.07 Å². The maximum absolute atomic E-state index is 13.3. The van der Waals surface area contributed by atoms with Gasteiger partial charge in [-0.2, -0.15) is 13.2 Å². The van der Waals surface area contributed by atoms with Crippen LogP contribution in [0.5, 0.6) is 5.75 Å². The Hall–Kier alpha value is -2.64. The number of hydrogen-bond acceptors (Lipinski definition) is 2. The zero-order valence-electron chi connectivity index (χ0n) is 13.6. The number of ether oxygens (including phenoxy) is 1. The van der Waals surface area contributed by atoms with E-state index in [1.165, 1.54) is 18.2 Å². The Morgan fingerprint density at radius 3 is 2.50 bits per heavy atom. The molecule has 1 N–H and O–H groups in total. The number of hydrogen-bond donors (Lipinski definition) is 1. The van der Waals surface area contributed by atoms with Gasteiger partial charge in [-0.3, -0.25) is 4.79 Å². The second-order valence-corrected chi connectivity index (χ2v) is 5.46. The average molecular weight is 373 g/mol. The van der Waals surface area contributed by atoms with Gasteiger partial charge in [0, 0.05) is 13.0 Å². The molecule has 0 heterocycles. The summed E-state index contributed by atoms with van der Waals surface area (Å²) in [6.07, 6.45) is -4.46. The molecule has 0 atom stereocenters. The van der Waals surface area contributed by atoms with Gasteiger partial charge < -0.3 is 10.1 Å². The van der Waals surface area contributed by atoms with E-state index in [0.717, 1.165) is 12.1 Å². The average Bonchev–Trinajstić information content (AvgIpc) is 2.58. The molecule has 0 saturated heterocycles. The molecule has 0 radical (unpaired) electrons.